The molecule has 1 rings (SSSR count). The van der Waals surface area contributed by atoms with Crippen molar-refractivity contribution in [2.24, 2.45) is 0 Å². The number of carboxylic acids is 1. The number of carboxylic acid groups (broad SMARTS) is 1. The van der Waals surface area contributed by atoms with Crippen LogP contribution in [0, 0.1) is 13.8 Å². The van der Waals surface area contributed by atoms with Gasteiger partial charge in [0, 0.05) is 0 Å². The molecule has 80 valence electrons. The van der Waals surface area contributed by atoms with E-state index in [1.54, 1.807) is 6.92 Å². The van der Waals surface area contributed by atoms with Crippen LogP contribution in [0.3, 0.4) is 0 Å². The average molecular weight is 208 g/mol. The minimum Gasteiger partial charge on any atom is -0.478 e. The molecule has 15 heavy (non-hydrogen) atoms. The topological polar surface area (TPSA) is 63.6 Å². The minimum atomic E-state index is -1.13. The van der Waals surface area contributed by atoms with Crippen LogP contribution in [-0.2, 0) is 4.74 Å². The van der Waals surface area contributed by atoms with Gasteiger partial charge in [0.25, 0.3) is 0 Å². The summed E-state index contributed by atoms with van der Waals surface area (Å²) in [4.78, 5) is 22.2. The largest absolute Gasteiger partial charge is 0.478 e. The van der Waals surface area contributed by atoms with Crippen molar-refractivity contribution in [2.75, 3.05) is 7.11 Å². The molecule has 0 aliphatic rings. The summed E-state index contributed by atoms with van der Waals surface area (Å²) in [5, 5.41) is 8.92. The molecule has 0 aliphatic carbocycles. The molecule has 4 heteroatoms. The Kier molecular flexibility index (Phi) is 3.09. The number of hydrogen-bond acceptors (Lipinski definition) is 3. The van der Waals surface area contributed by atoms with E-state index < -0.39 is 11.9 Å². The molecule has 1 aromatic carbocycles. The number of methoxy groups -OCH3 is 1. The average Bonchev–Trinajstić information content (AvgIpc) is 2.20. The lowest BCUT2D eigenvalue weighted by Gasteiger charge is -2.07. The fraction of sp³-hybridized carbons (Fsp3) is 0.273. The highest BCUT2D eigenvalue weighted by Crippen LogP contribution is 2.17. The third kappa shape index (κ3) is 2.15. The summed E-state index contributed by atoms with van der Waals surface area (Å²) in [5.41, 5.74) is 1.76. The summed E-state index contributed by atoms with van der Waals surface area (Å²) in [7, 11) is 1.23. The van der Waals surface area contributed by atoms with E-state index in [1.165, 1.54) is 19.2 Å². The molecular formula is C11H12O4. The Hall–Kier alpha value is -1.84. The van der Waals surface area contributed by atoms with Crippen LogP contribution in [0.4, 0.5) is 0 Å². The third-order valence-corrected chi connectivity index (χ3v) is 2.27. The summed E-state index contributed by atoms with van der Waals surface area (Å²) >= 11 is 0. The molecule has 0 aromatic heterocycles. The van der Waals surface area contributed by atoms with E-state index in [9.17, 15) is 9.59 Å². The Bertz CT molecular complexity index is 421. The molecule has 1 aromatic rings. The van der Waals surface area contributed by atoms with E-state index in [4.69, 9.17) is 5.11 Å². The van der Waals surface area contributed by atoms with Crippen LogP contribution in [0.15, 0.2) is 12.1 Å². The van der Waals surface area contributed by atoms with Crippen LogP contribution in [0.25, 0.3) is 0 Å². The number of aryl methyl sites for hydroxylation is 2. The molecule has 0 saturated heterocycles. The van der Waals surface area contributed by atoms with Gasteiger partial charge in [0.05, 0.1) is 18.2 Å². The molecule has 0 heterocycles. The van der Waals surface area contributed by atoms with Crippen LogP contribution in [0.1, 0.15) is 31.8 Å². The van der Waals surface area contributed by atoms with Gasteiger partial charge in [0.15, 0.2) is 0 Å². The second-order valence-corrected chi connectivity index (χ2v) is 3.28. The molecule has 0 saturated carbocycles. The number of esters is 1. The summed E-state index contributed by atoms with van der Waals surface area (Å²) < 4.78 is 4.52. The van der Waals surface area contributed by atoms with Gasteiger partial charge in [-0.1, -0.05) is 0 Å². The first kappa shape index (κ1) is 11.2. The van der Waals surface area contributed by atoms with E-state index in [0.717, 1.165) is 11.1 Å². The lowest BCUT2D eigenvalue weighted by atomic mass is 10.00. The van der Waals surface area contributed by atoms with Crippen molar-refractivity contribution in [1.82, 2.24) is 0 Å². The second-order valence-electron chi connectivity index (χ2n) is 3.28. The fourth-order valence-corrected chi connectivity index (χ4v) is 1.27. The minimum absolute atomic E-state index is 0.0232. The number of aromatic carboxylic acids is 1. The molecule has 0 fully saturated rings. The van der Waals surface area contributed by atoms with Crippen molar-refractivity contribution in [1.29, 1.82) is 0 Å². The molecule has 0 spiro atoms. The van der Waals surface area contributed by atoms with Gasteiger partial charge in [0.2, 0.25) is 0 Å². The van der Waals surface area contributed by atoms with E-state index in [1.807, 2.05) is 6.92 Å². The van der Waals surface area contributed by atoms with E-state index in [2.05, 4.69) is 4.74 Å². The van der Waals surface area contributed by atoms with Crippen LogP contribution in [0.2, 0.25) is 0 Å². The predicted molar refractivity (Wildman–Crippen MR) is 54.2 cm³/mol. The number of benzene rings is 1. The van der Waals surface area contributed by atoms with Crippen molar-refractivity contribution >= 4 is 11.9 Å². The Balaban J connectivity index is 3.41. The summed E-state index contributed by atoms with van der Waals surface area (Å²) in [5.74, 6) is -1.76. The SMILES string of the molecule is COC(=O)c1cc(C)c(C)cc1C(=O)O. The summed E-state index contributed by atoms with van der Waals surface area (Å²) in [6, 6.07) is 3.01. The van der Waals surface area contributed by atoms with Crippen molar-refractivity contribution in [3.05, 3.63) is 34.4 Å². The molecule has 1 N–H and O–H groups in total. The van der Waals surface area contributed by atoms with Gasteiger partial charge in [-0.25, -0.2) is 9.59 Å². The van der Waals surface area contributed by atoms with Gasteiger partial charge < -0.3 is 9.84 Å². The van der Waals surface area contributed by atoms with Gasteiger partial charge in [0.1, 0.15) is 0 Å². The Morgan fingerprint density at radius 2 is 1.60 bits per heavy atom. The van der Waals surface area contributed by atoms with Crippen LogP contribution in [-0.4, -0.2) is 24.2 Å². The van der Waals surface area contributed by atoms with E-state index in [0.29, 0.717) is 0 Å². The third-order valence-electron chi connectivity index (χ3n) is 2.27. The second kappa shape index (κ2) is 4.13. The number of rotatable bonds is 2. The highest BCUT2D eigenvalue weighted by atomic mass is 16.5. The molecule has 0 atom stereocenters. The zero-order valence-corrected chi connectivity index (χ0v) is 8.83. The molecule has 0 radical (unpaired) electrons. The smallest absolute Gasteiger partial charge is 0.338 e. The molecule has 4 nitrogen and oxygen atoms in total. The maximum absolute atomic E-state index is 11.3. The number of carbonyl (C=O) groups is 2. The highest BCUT2D eigenvalue weighted by molar-refractivity contribution is 6.02. The maximum Gasteiger partial charge on any atom is 0.338 e. The first-order valence-electron chi connectivity index (χ1n) is 4.40. The normalized spacial score (nSPS) is 9.80. The number of ether oxygens (including phenoxy) is 1. The fourth-order valence-electron chi connectivity index (χ4n) is 1.27. The standard InChI is InChI=1S/C11H12O4/c1-6-4-8(10(12)13)9(5-7(6)2)11(14)15-3/h4-5H,1-3H3,(H,12,13). The van der Waals surface area contributed by atoms with Gasteiger partial charge in [-0.3, -0.25) is 0 Å². The maximum atomic E-state index is 11.3. The number of carbonyl (C=O) groups excluding carboxylic acids is 1. The highest BCUT2D eigenvalue weighted by Gasteiger charge is 2.18. The van der Waals surface area contributed by atoms with Gasteiger partial charge in [-0.15, -0.1) is 0 Å². The Morgan fingerprint density at radius 3 is 2.00 bits per heavy atom. The van der Waals surface area contributed by atoms with Gasteiger partial charge in [-0.2, -0.15) is 0 Å². The van der Waals surface area contributed by atoms with Gasteiger partial charge in [-0.05, 0) is 37.1 Å². The van der Waals surface area contributed by atoms with Crippen LogP contribution < -0.4 is 0 Å². The lowest BCUT2D eigenvalue weighted by molar-refractivity contribution is 0.0582. The molecule has 0 amide bonds. The van der Waals surface area contributed by atoms with E-state index >= 15 is 0 Å². The van der Waals surface area contributed by atoms with Crippen LogP contribution in [0.5, 0.6) is 0 Å². The Labute approximate surface area is 87.5 Å². The Morgan fingerprint density at radius 1 is 1.13 bits per heavy atom. The molecule has 0 unspecified atom stereocenters. The first-order valence-corrected chi connectivity index (χ1v) is 4.40. The zero-order chi connectivity index (χ0) is 11.6. The van der Waals surface area contributed by atoms with E-state index in [-0.39, 0.29) is 11.1 Å². The van der Waals surface area contributed by atoms with Crippen molar-refractivity contribution in [3.63, 3.8) is 0 Å². The predicted octanol–water partition coefficient (Wildman–Crippen LogP) is 1.79. The monoisotopic (exact) mass is 208 g/mol. The number of hydrogen-bond donors (Lipinski definition) is 1. The van der Waals surface area contributed by atoms with Gasteiger partial charge >= 0.3 is 11.9 Å². The quantitative estimate of drug-likeness (QED) is 0.752. The van der Waals surface area contributed by atoms with Crippen molar-refractivity contribution < 1.29 is 19.4 Å². The van der Waals surface area contributed by atoms with Crippen molar-refractivity contribution in [3.8, 4) is 0 Å². The first-order chi connectivity index (χ1) is 6.97. The molecule has 0 bridgehead atoms. The molecular weight excluding hydrogens is 196 g/mol. The van der Waals surface area contributed by atoms with Crippen molar-refractivity contribution in [2.45, 2.75) is 13.8 Å². The zero-order valence-electron chi connectivity index (χ0n) is 8.83. The molecule has 0 aliphatic heterocycles. The lowest BCUT2D eigenvalue weighted by Crippen LogP contribution is -2.11. The summed E-state index contributed by atoms with van der Waals surface area (Å²) in [6.07, 6.45) is 0. The van der Waals surface area contributed by atoms with Crippen LogP contribution >= 0.6 is 0 Å². The summed E-state index contributed by atoms with van der Waals surface area (Å²) in [6.45, 7) is 3.61.